The highest BCUT2D eigenvalue weighted by Crippen LogP contribution is 2.26. The summed E-state index contributed by atoms with van der Waals surface area (Å²) in [5.41, 5.74) is 0.917. The molecule has 0 saturated heterocycles. The van der Waals surface area contributed by atoms with E-state index in [0.717, 1.165) is 18.4 Å². The van der Waals surface area contributed by atoms with E-state index in [1.165, 1.54) is 0 Å². The van der Waals surface area contributed by atoms with Gasteiger partial charge >= 0.3 is 0 Å². The number of benzene rings is 1. The molecule has 1 aromatic carbocycles. The summed E-state index contributed by atoms with van der Waals surface area (Å²) in [5.74, 6) is 0. The molecule has 1 nitrogen and oxygen atoms in total. The summed E-state index contributed by atoms with van der Waals surface area (Å²) in [6, 6.07) is 5.49. The summed E-state index contributed by atoms with van der Waals surface area (Å²) >= 11 is 11.9. The van der Waals surface area contributed by atoms with Gasteiger partial charge in [0.2, 0.25) is 0 Å². The molecule has 0 aliphatic carbocycles. The Kier molecular flexibility index (Phi) is 4.73. The Morgan fingerprint density at radius 1 is 1.36 bits per heavy atom. The van der Waals surface area contributed by atoms with Crippen LogP contribution in [0.1, 0.15) is 25.3 Å². The van der Waals surface area contributed by atoms with Crippen LogP contribution in [0.4, 0.5) is 0 Å². The predicted molar refractivity (Wildman–Crippen MR) is 61.1 cm³/mol. The maximum absolute atomic E-state index is 9.62. The number of hydrogen-bond donors (Lipinski definition) is 1. The number of halogens is 2. The molecule has 1 rings (SSSR count). The molecule has 0 amide bonds. The molecule has 0 spiro atoms. The molecule has 0 bridgehead atoms. The monoisotopic (exact) mass is 232 g/mol. The Morgan fingerprint density at radius 2 is 2.07 bits per heavy atom. The first-order valence-electron chi connectivity index (χ1n) is 4.76. The zero-order valence-corrected chi connectivity index (χ0v) is 9.65. The van der Waals surface area contributed by atoms with Gasteiger partial charge in [0.25, 0.3) is 0 Å². The Labute approximate surface area is 94.7 Å². The van der Waals surface area contributed by atoms with E-state index < -0.39 is 0 Å². The number of aliphatic hydroxyl groups excluding tert-OH is 1. The van der Waals surface area contributed by atoms with Crippen molar-refractivity contribution in [2.24, 2.45) is 0 Å². The lowest BCUT2D eigenvalue weighted by atomic mass is 10.0. The summed E-state index contributed by atoms with van der Waals surface area (Å²) in [4.78, 5) is 0. The molecule has 1 unspecified atom stereocenters. The van der Waals surface area contributed by atoms with Crippen molar-refractivity contribution in [2.75, 3.05) is 0 Å². The Morgan fingerprint density at radius 3 is 2.71 bits per heavy atom. The summed E-state index contributed by atoms with van der Waals surface area (Å²) in [5, 5.41) is 10.7. The largest absolute Gasteiger partial charge is 0.393 e. The Hall–Kier alpha value is -0.240. The highest BCUT2D eigenvalue weighted by atomic mass is 35.5. The molecule has 1 aromatic rings. The molecule has 1 atom stereocenters. The highest BCUT2D eigenvalue weighted by molar-refractivity contribution is 6.42. The second-order valence-electron chi connectivity index (χ2n) is 3.36. The van der Waals surface area contributed by atoms with Gasteiger partial charge in [0, 0.05) is 0 Å². The van der Waals surface area contributed by atoms with Gasteiger partial charge in [-0.05, 0) is 24.5 Å². The molecular weight excluding hydrogens is 219 g/mol. The smallest absolute Gasteiger partial charge is 0.0625 e. The summed E-state index contributed by atoms with van der Waals surface area (Å²) in [6.07, 6.45) is 2.02. The highest BCUT2D eigenvalue weighted by Gasteiger charge is 2.09. The Bertz CT molecular complexity index is 299. The first-order valence-corrected chi connectivity index (χ1v) is 5.51. The van der Waals surface area contributed by atoms with Crippen molar-refractivity contribution in [2.45, 2.75) is 32.3 Å². The van der Waals surface area contributed by atoms with Gasteiger partial charge < -0.3 is 5.11 Å². The van der Waals surface area contributed by atoms with Crippen molar-refractivity contribution in [3.63, 3.8) is 0 Å². The summed E-state index contributed by atoms with van der Waals surface area (Å²) in [7, 11) is 0. The van der Waals surface area contributed by atoms with E-state index in [1.54, 1.807) is 6.07 Å². The van der Waals surface area contributed by atoms with Crippen LogP contribution in [0.15, 0.2) is 18.2 Å². The maximum Gasteiger partial charge on any atom is 0.0625 e. The predicted octanol–water partition coefficient (Wildman–Crippen LogP) is 3.70. The van der Waals surface area contributed by atoms with E-state index >= 15 is 0 Å². The number of hydrogen-bond acceptors (Lipinski definition) is 1. The fraction of sp³-hybridized carbons (Fsp3) is 0.455. The van der Waals surface area contributed by atoms with E-state index in [4.69, 9.17) is 23.2 Å². The van der Waals surface area contributed by atoms with Crippen LogP contribution in [0.25, 0.3) is 0 Å². The minimum atomic E-state index is -0.323. The molecule has 0 aromatic heterocycles. The van der Waals surface area contributed by atoms with Crippen molar-refractivity contribution in [3.8, 4) is 0 Å². The number of rotatable bonds is 4. The lowest BCUT2D eigenvalue weighted by Crippen LogP contribution is -2.09. The van der Waals surface area contributed by atoms with Crippen molar-refractivity contribution in [1.29, 1.82) is 0 Å². The number of aliphatic hydroxyl groups is 1. The normalized spacial score (nSPS) is 12.9. The van der Waals surface area contributed by atoms with Crippen molar-refractivity contribution in [3.05, 3.63) is 33.8 Å². The molecule has 3 heteroatoms. The average Bonchev–Trinajstić information content (AvgIpc) is 2.13. The van der Waals surface area contributed by atoms with Crippen LogP contribution >= 0.6 is 23.2 Å². The third kappa shape index (κ3) is 3.16. The van der Waals surface area contributed by atoms with E-state index in [2.05, 4.69) is 0 Å². The van der Waals surface area contributed by atoms with E-state index in [-0.39, 0.29) is 6.10 Å². The lowest BCUT2D eigenvalue weighted by Gasteiger charge is -2.10. The fourth-order valence-corrected chi connectivity index (χ4v) is 1.79. The molecule has 0 aliphatic heterocycles. The second kappa shape index (κ2) is 5.59. The van der Waals surface area contributed by atoms with Crippen LogP contribution in [0.3, 0.4) is 0 Å². The van der Waals surface area contributed by atoms with Gasteiger partial charge in [-0.3, -0.25) is 0 Å². The van der Waals surface area contributed by atoms with Gasteiger partial charge in [-0.1, -0.05) is 48.7 Å². The average molecular weight is 233 g/mol. The third-order valence-corrected chi connectivity index (χ3v) is 2.97. The van der Waals surface area contributed by atoms with Crippen LogP contribution in [0.2, 0.25) is 10.0 Å². The molecule has 78 valence electrons. The summed E-state index contributed by atoms with van der Waals surface area (Å²) in [6.45, 7) is 2.04. The van der Waals surface area contributed by atoms with Gasteiger partial charge in [-0.25, -0.2) is 0 Å². The molecule has 14 heavy (non-hydrogen) atoms. The Balaban J connectivity index is 2.71. The van der Waals surface area contributed by atoms with Crippen LogP contribution in [0, 0.1) is 0 Å². The van der Waals surface area contributed by atoms with E-state index in [1.807, 2.05) is 19.1 Å². The van der Waals surface area contributed by atoms with Gasteiger partial charge in [0.1, 0.15) is 0 Å². The molecule has 1 N–H and O–H groups in total. The molecule has 0 aliphatic rings. The van der Waals surface area contributed by atoms with Gasteiger partial charge in [0.15, 0.2) is 0 Å². The third-order valence-electron chi connectivity index (χ3n) is 2.11. The van der Waals surface area contributed by atoms with Crippen LogP contribution in [0.5, 0.6) is 0 Å². The van der Waals surface area contributed by atoms with Crippen molar-refractivity contribution < 1.29 is 5.11 Å². The molecule has 0 saturated carbocycles. The van der Waals surface area contributed by atoms with Crippen molar-refractivity contribution >= 4 is 23.2 Å². The molecule has 0 fully saturated rings. The fourth-order valence-electron chi connectivity index (χ4n) is 1.40. The minimum Gasteiger partial charge on any atom is -0.393 e. The lowest BCUT2D eigenvalue weighted by molar-refractivity contribution is 0.164. The first-order chi connectivity index (χ1) is 6.65. The zero-order valence-electron chi connectivity index (χ0n) is 8.13. The molecular formula is C11H14Cl2O. The first kappa shape index (κ1) is 11.8. The van der Waals surface area contributed by atoms with Crippen molar-refractivity contribution in [1.82, 2.24) is 0 Å². The molecule has 0 heterocycles. The SMILES string of the molecule is CCCC(O)Cc1cccc(Cl)c1Cl. The standard InChI is InChI=1S/C11H14Cl2O/c1-2-4-9(14)7-8-5-3-6-10(12)11(8)13/h3,5-6,9,14H,2,4,7H2,1H3. The van der Waals surface area contributed by atoms with Gasteiger partial charge in [-0.2, -0.15) is 0 Å². The van der Waals surface area contributed by atoms with E-state index in [9.17, 15) is 5.11 Å². The van der Waals surface area contributed by atoms with Gasteiger partial charge in [0.05, 0.1) is 16.1 Å². The summed E-state index contributed by atoms with van der Waals surface area (Å²) < 4.78 is 0. The van der Waals surface area contributed by atoms with Gasteiger partial charge in [-0.15, -0.1) is 0 Å². The molecule has 0 radical (unpaired) electrons. The minimum absolute atomic E-state index is 0.323. The van der Waals surface area contributed by atoms with Crippen LogP contribution in [-0.2, 0) is 6.42 Å². The quantitative estimate of drug-likeness (QED) is 0.840. The van der Waals surface area contributed by atoms with Crippen LogP contribution in [-0.4, -0.2) is 11.2 Å². The second-order valence-corrected chi connectivity index (χ2v) is 4.14. The topological polar surface area (TPSA) is 20.2 Å². The van der Waals surface area contributed by atoms with E-state index in [0.29, 0.717) is 16.5 Å². The maximum atomic E-state index is 9.62. The van der Waals surface area contributed by atoms with Crippen LogP contribution < -0.4 is 0 Å². The zero-order chi connectivity index (χ0) is 10.6.